The van der Waals surface area contributed by atoms with Gasteiger partial charge in [-0.1, -0.05) is 18.2 Å². The van der Waals surface area contributed by atoms with E-state index in [2.05, 4.69) is 4.98 Å². The van der Waals surface area contributed by atoms with Crippen molar-refractivity contribution in [2.24, 2.45) is 5.73 Å². The van der Waals surface area contributed by atoms with Gasteiger partial charge in [-0.15, -0.1) is 0 Å². The molecule has 2 N–H and O–H groups in total. The van der Waals surface area contributed by atoms with E-state index < -0.39 is 0 Å². The summed E-state index contributed by atoms with van der Waals surface area (Å²) in [5.41, 5.74) is 6.97. The van der Waals surface area contributed by atoms with Crippen LogP contribution < -0.4 is 5.73 Å². The van der Waals surface area contributed by atoms with Gasteiger partial charge in [0.1, 0.15) is 0 Å². The van der Waals surface area contributed by atoms with Gasteiger partial charge < -0.3 is 10.6 Å². The van der Waals surface area contributed by atoms with E-state index in [4.69, 9.17) is 5.73 Å². The third-order valence-electron chi connectivity index (χ3n) is 3.12. The largest absolute Gasteiger partial charge is 0.335 e. The first-order valence-electron chi connectivity index (χ1n) is 6.50. The van der Waals surface area contributed by atoms with Crippen LogP contribution >= 0.6 is 0 Å². The van der Waals surface area contributed by atoms with Gasteiger partial charge in [-0.2, -0.15) is 0 Å². The number of carbonyl (C=O) groups excluding carboxylic acids is 1. The molecule has 0 aliphatic carbocycles. The number of hydrogen-bond acceptors (Lipinski definition) is 3. The number of fused-ring (bicyclic) bond motifs is 1. The topological polar surface area (TPSA) is 59.2 Å². The first kappa shape index (κ1) is 13.5. The first-order chi connectivity index (χ1) is 9.15. The first-order valence-corrected chi connectivity index (χ1v) is 6.50. The third kappa shape index (κ3) is 2.74. The minimum atomic E-state index is -0.00949. The van der Waals surface area contributed by atoms with Gasteiger partial charge in [-0.3, -0.25) is 9.78 Å². The maximum atomic E-state index is 12.6. The molecule has 0 saturated carbocycles. The van der Waals surface area contributed by atoms with Crippen molar-refractivity contribution in [1.82, 2.24) is 9.88 Å². The number of hydrogen-bond donors (Lipinski definition) is 1. The number of benzene rings is 1. The smallest absolute Gasteiger partial charge is 0.256 e. The minimum absolute atomic E-state index is 0.00949. The van der Waals surface area contributed by atoms with E-state index in [1.807, 2.05) is 44.2 Å². The molecule has 0 aliphatic rings. The van der Waals surface area contributed by atoms with Crippen molar-refractivity contribution in [2.75, 3.05) is 13.1 Å². The minimum Gasteiger partial charge on any atom is -0.335 e. The molecule has 100 valence electrons. The quantitative estimate of drug-likeness (QED) is 0.912. The Bertz CT molecular complexity index is 575. The van der Waals surface area contributed by atoms with E-state index in [1.54, 1.807) is 11.1 Å². The molecular formula is C15H19N3O. The molecule has 0 saturated heterocycles. The van der Waals surface area contributed by atoms with E-state index in [9.17, 15) is 4.79 Å². The summed E-state index contributed by atoms with van der Waals surface area (Å²) in [6.07, 6.45) is 1.71. The van der Waals surface area contributed by atoms with Crippen molar-refractivity contribution in [3.63, 3.8) is 0 Å². The van der Waals surface area contributed by atoms with Crippen LogP contribution in [0.2, 0.25) is 0 Å². The highest BCUT2D eigenvalue weighted by Gasteiger charge is 2.20. The van der Waals surface area contributed by atoms with Crippen LogP contribution in [0.4, 0.5) is 0 Å². The van der Waals surface area contributed by atoms with Crippen LogP contribution in [-0.4, -0.2) is 34.9 Å². The van der Waals surface area contributed by atoms with Crippen molar-refractivity contribution >= 4 is 16.8 Å². The molecule has 1 amide bonds. The highest BCUT2D eigenvalue weighted by atomic mass is 16.2. The van der Waals surface area contributed by atoms with E-state index >= 15 is 0 Å². The molecule has 1 aromatic heterocycles. The molecule has 1 aromatic carbocycles. The van der Waals surface area contributed by atoms with Crippen molar-refractivity contribution in [3.05, 3.63) is 42.1 Å². The molecule has 2 rings (SSSR count). The average Bonchev–Trinajstić information content (AvgIpc) is 2.43. The summed E-state index contributed by atoms with van der Waals surface area (Å²) in [4.78, 5) is 18.7. The second-order valence-corrected chi connectivity index (χ2v) is 4.76. The lowest BCUT2D eigenvalue weighted by molar-refractivity contribution is 0.0713. The summed E-state index contributed by atoms with van der Waals surface area (Å²) < 4.78 is 0. The van der Waals surface area contributed by atoms with E-state index in [0.717, 1.165) is 10.9 Å². The number of carbonyl (C=O) groups is 1. The monoisotopic (exact) mass is 257 g/mol. The molecule has 2 aromatic rings. The van der Waals surface area contributed by atoms with Crippen LogP contribution in [0.15, 0.2) is 36.5 Å². The van der Waals surface area contributed by atoms with Crippen LogP contribution in [0.25, 0.3) is 10.9 Å². The van der Waals surface area contributed by atoms with Gasteiger partial charge in [0.25, 0.3) is 5.91 Å². The molecule has 19 heavy (non-hydrogen) atoms. The summed E-state index contributed by atoms with van der Waals surface area (Å²) in [6, 6.07) is 9.62. The van der Waals surface area contributed by atoms with Crippen molar-refractivity contribution < 1.29 is 4.79 Å². The molecule has 0 radical (unpaired) electrons. The zero-order chi connectivity index (χ0) is 13.8. The maximum absolute atomic E-state index is 12.6. The SMILES string of the molecule is CC(C)N(CCN)C(=O)c1cccc2cccnc12. The zero-order valence-corrected chi connectivity index (χ0v) is 11.3. The fourth-order valence-electron chi connectivity index (χ4n) is 2.16. The predicted octanol–water partition coefficient (Wildman–Crippen LogP) is 2.04. The number of nitrogens with two attached hydrogens (primary N) is 1. The summed E-state index contributed by atoms with van der Waals surface area (Å²) in [7, 11) is 0. The Labute approximate surface area is 113 Å². The van der Waals surface area contributed by atoms with Crippen LogP contribution in [-0.2, 0) is 0 Å². The Kier molecular flexibility index (Phi) is 4.12. The lowest BCUT2D eigenvalue weighted by atomic mass is 10.1. The Morgan fingerprint density at radius 1 is 1.32 bits per heavy atom. The number of rotatable bonds is 4. The maximum Gasteiger partial charge on any atom is 0.256 e. The van der Waals surface area contributed by atoms with Crippen LogP contribution in [0, 0.1) is 0 Å². The van der Waals surface area contributed by atoms with E-state index in [0.29, 0.717) is 18.7 Å². The summed E-state index contributed by atoms with van der Waals surface area (Å²) in [6.45, 7) is 5.00. The summed E-state index contributed by atoms with van der Waals surface area (Å²) >= 11 is 0. The molecule has 4 heteroatoms. The van der Waals surface area contributed by atoms with Crippen molar-refractivity contribution in [3.8, 4) is 0 Å². The fourth-order valence-corrected chi connectivity index (χ4v) is 2.16. The Morgan fingerprint density at radius 2 is 2.05 bits per heavy atom. The predicted molar refractivity (Wildman–Crippen MR) is 77.0 cm³/mol. The van der Waals surface area contributed by atoms with Gasteiger partial charge in [0.05, 0.1) is 11.1 Å². The number of para-hydroxylation sites is 1. The zero-order valence-electron chi connectivity index (χ0n) is 11.3. The molecule has 0 unspecified atom stereocenters. The van der Waals surface area contributed by atoms with Gasteiger partial charge in [0, 0.05) is 30.7 Å². The summed E-state index contributed by atoms with van der Waals surface area (Å²) in [5, 5.41) is 0.977. The van der Waals surface area contributed by atoms with Crippen LogP contribution in [0.5, 0.6) is 0 Å². The van der Waals surface area contributed by atoms with Gasteiger partial charge >= 0.3 is 0 Å². The van der Waals surface area contributed by atoms with E-state index in [1.165, 1.54) is 0 Å². The summed E-state index contributed by atoms with van der Waals surface area (Å²) in [5.74, 6) is -0.00949. The molecule has 0 spiro atoms. The number of aromatic nitrogens is 1. The van der Waals surface area contributed by atoms with Gasteiger partial charge in [0.15, 0.2) is 0 Å². The van der Waals surface area contributed by atoms with Gasteiger partial charge in [-0.05, 0) is 26.0 Å². The molecule has 0 aliphatic heterocycles. The third-order valence-corrected chi connectivity index (χ3v) is 3.12. The second-order valence-electron chi connectivity index (χ2n) is 4.76. The standard InChI is InChI=1S/C15H19N3O/c1-11(2)18(10-8-16)15(19)13-7-3-5-12-6-4-9-17-14(12)13/h3-7,9,11H,8,10,16H2,1-2H3. The van der Waals surface area contributed by atoms with Crippen molar-refractivity contribution in [1.29, 1.82) is 0 Å². The highest BCUT2D eigenvalue weighted by Crippen LogP contribution is 2.18. The molecule has 1 heterocycles. The average molecular weight is 257 g/mol. The number of pyridine rings is 1. The molecule has 0 atom stereocenters. The molecule has 4 nitrogen and oxygen atoms in total. The molecular weight excluding hydrogens is 238 g/mol. The number of nitrogens with zero attached hydrogens (tertiary/aromatic N) is 2. The van der Waals surface area contributed by atoms with Crippen molar-refractivity contribution in [2.45, 2.75) is 19.9 Å². The van der Waals surface area contributed by atoms with Crippen LogP contribution in [0.3, 0.4) is 0 Å². The normalized spacial score (nSPS) is 10.9. The number of amides is 1. The molecule has 0 bridgehead atoms. The van der Waals surface area contributed by atoms with E-state index in [-0.39, 0.29) is 11.9 Å². The van der Waals surface area contributed by atoms with Crippen LogP contribution in [0.1, 0.15) is 24.2 Å². The Balaban J connectivity index is 2.45. The lowest BCUT2D eigenvalue weighted by Gasteiger charge is -2.26. The second kappa shape index (κ2) is 5.80. The fraction of sp³-hybridized carbons (Fsp3) is 0.333. The highest BCUT2D eigenvalue weighted by molar-refractivity contribution is 6.05. The lowest BCUT2D eigenvalue weighted by Crippen LogP contribution is -2.40. The Morgan fingerprint density at radius 3 is 2.74 bits per heavy atom. The van der Waals surface area contributed by atoms with Gasteiger partial charge in [0.2, 0.25) is 0 Å². The molecule has 0 fully saturated rings. The van der Waals surface area contributed by atoms with Gasteiger partial charge in [-0.25, -0.2) is 0 Å². The Hall–Kier alpha value is -1.94.